The first-order chi connectivity index (χ1) is 13.0. The molecule has 0 aliphatic carbocycles. The Bertz CT molecular complexity index is 813. The molecule has 2 aromatic carbocycles. The molecule has 142 valence electrons. The lowest BCUT2D eigenvalue weighted by molar-refractivity contribution is 0.0487. The predicted molar refractivity (Wildman–Crippen MR) is 103 cm³/mol. The van der Waals surface area contributed by atoms with Crippen LogP contribution in [0.2, 0.25) is 5.02 Å². The van der Waals surface area contributed by atoms with Gasteiger partial charge in [0.05, 0.1) is 12.7 Å². The van der Waals surface area contributed by atoms with Crippen LogP contribution in [-0.2, 0) is 14.9 Å². The van der Waals surface area contributed by atoms with Crippen LogP contribution in [0.3, 0.4) is 0 Å². The molecule has 2 aromatic rings. The van der Waals surface area contributed by atoms with Gasteiger partial charge >= 0.3 is 5.97 Å². The first-order valence-corrected chi connectivity index (χ1v) is 9.22. The van der Waals surface area contributed by atoms with Crippen molar-refractivity contribution in [2.75, 3.05) is 26.9 Å². The van der Waals surface area contributed by atoms with Crippen molar-refractivity contribution in [1.82, 2.24) is 5.32 Å². The molecule has 1 aliphatic rings. The van der Waals surface area contributed by atoms with E-state index in [1.54, 1.807) is 24.3 Å². The number of hydrogen-bond acceptors (Lipinski definition) is 4. The van der Waals surface area contributed by atoms with Crippen molar-refractivity contribution in [2.24, 2.45) is 0 Å². The Morgan fingerprint density at radius 2 is 1.78 bits per heavy atom. The van der Waals surface area contributed by atoms with Gasteiger partial charge in [-0.25, -0.2) is 4.79 Å². The van der Waals surface area contributed by atoms with Crippen molar-refractivity contribution in [1.29, 1.82) is 0 Å². The van der Waals surface area contributed by atoms with Crippen LogP contribution in [0.5, 0.6) is 0 Å². The topological polar surface area (TPSA) is 64.6 Å². The molecule has 27 heavy (non-hydrogen) atoms. The van der Waals surface area contributed by atoms with E-state index in [9.17, 15) is 9.59 Å². The zero-order valence-corrected chi connectivity index (χ0v) is 15.9. The number of rotatable bonds is 5. The fraction of sp³-hybridized carbons (Fsp3) is 0.333. The quantitative estimate of drug-likeness (QED) is 0.796. The number of halogens is 1. The van der Waals surface area contributed by atoms with E-state index < -0.39 is 5.97 Å². The van der Waals surface area contributed by atoms with Gasteiger partial charge in [-0.2, -0.15) is 0 Å². The lowest BCUT2D eigenvalue weighted by Gasteiger charge is -2.38. The number of esters is 1. The van der Waals surface area contributed by atoms with E-state index in [1.165, 1.54) is 7.11 Å². The molecular formula is C21H22ClNO4. The smallest absolute Gasteiger partial charge is 0.337 e. The molecule has 1 aliphatic heterocycles. The average Bonchev–Trinajstić information content (AvgIpc) is 2.72. The Morgan fingerprint density at radius 3 is 2.41 bits per heavy atom. The van der Waals surface area contributed by atoms with Gasteiger partial charge in [0.1, 0.15) is 0 Å². The molecule has 1 fully saturated rings. The Labute approximate surface area is 163 Å². The van der Waals surface area contributed by atoms with Gasteiger partial charge < -0.3 is 14.8 Å². The Hall–Kier alpha value is -2.37. The zero-order chi connectivity index (χ0) is 19.3. The highest BCUT2D eigenvalue weighted by atomic mass is 35.5. The van der Waals surface area contributed by atoms with Gasteiger partial charge in [-0.1, -0.05) is 23.7 Å². The summed E-state index contributed by atoms with van der Waals surface area (Å²) in [5, 5.41) is 3.72. The molecule has 1 N–H and O–H groups in total. The average molecular weight is 388 g/mol. The second-order valence-corrected chi connectivity index (χ2v) is 7.09. The summed E-state index contributed by atoms with van der Waals surface area (Å²) in [6, 6.07) is 14.2. The van der Waals surface area contributed by atoms with Crippen LogP contribution in [0, 0.1) is 0 Å². The first kappa shape index (κ1) is 19.4. The summed E-state index contributed by atoms with van der Waals surface area (Å²) in [6.45, 7) is 1.79. The fourth-order valence-electron chi connectivity index (χ4n) is 3.38. The maximum Gasteiger partial charge on any atom is 0.337 e. The molecule has 1 heterocycles. The molecule has 6 heteroatoms. The molecule has 0 unspecified atom stereocenters. The van der Waals surface area contributed by atoms with Crippen LogP contribution in [0.1, 0.15) is 39.1 Å². The van der Waals surface area contributed by atoms with E-state index in [-0.39, 0.29) is 11.3 Å². The summed E-state index contributed by atoms with van der Waals surface area (Å²) < 4.78 is 10.2. The molecule has 3 rings (SSSR count). The van der Waals surface area contributed by atoms with E-state index in [0.29, 0.717) is 35.9 Å². The van der Waals surface area contributed by atoms with Crippen molar-refractivity contribution in [3.63, 3.8) is 0 Å². The number of benzene rings is 2. The number of ether oxygens (including phenoxy) is 2. The van der Waals surface area contributed by atoms with E-state index in [2.05, 4.69) is 16.1 Å². The van der Waals surface area contributed by atoms with E-state index in [0.717, 1.165) is 18.4 Å². The fourth-order valence-corrected chi connectivity index (χ4v) is 3.57. The highest BCUT2D eigenvalue weighted by Crippen LogP contribution is 2.35. The lowest BCUT2D eigenvalue weighted by atomic mass is 9.74. The second kappa shape index (κ2) is 8.55. The van der Waals surface area contributed by atoms with E-state index in [1.807, 2.05) is 18.2 Å². The third kappa shape index (κ3) is 4.49. The van der Waals surface area contributed by atoms with Crippen molar-refractivity contribution in [3.05, 3.63) is 70.2 Å². The van der Waals surface area contributed by atoms with Crippen LogP contribution in [0.25, 0.3) is 0 Å². The number of hydrogen-bond donors (Lipinski definition) is 1. The van der Waals surface area contributed by atoms with Crippen LogP contribution >= 0.6 is 11.6 Å². The molecule has 1 saturated heterocycles. The van der Waals surface area contributed by atoms with Crippen LogP contribution in [0.15, 0.2) is 48.5 Å². The minimum Gasteiger partial charge on any atom is -0.465 e. The molecule has 0 radical (unpaired) electrons. The largest absolute Gasteiger partial charge is 0.465 e. The predicted octanol–water partition coefficient (Wildman–Crippen LogP) is 3.60. The summed E-state index contributed by atoms with van der Waals surface area (Å²) in [5.41, 5.74) is 1.81. The van der Waals surface area contributed by atoms with Gasteiger partial charge in [0.25, 0.3) is 5.91 Å². The second-order valence-electron chi connectivity index (χ2n) is 6.65. The van der Waals surface area contributed by atoms with Crippen LogP contribution in [0.4, 0.5) is 0 Å². The Kier molecular flexibility index (Phi) is 6.14. The highest BCUT2D eigenvalue weighted by Gasteiger charge is 2.35. The Balaban J connectivity index is 1.73. The van der Waals surface area contributed by atoms with Gasteiger partial charge in [0.15, 0.2) is 0 Å². The highest BCUT2D eigenvalue weighted by molar-refractivity contribution is 6.30. The molecule has 0 spiro atoms. The van der Waals surface area contributed by atoms with Crippen molar-refractivity contribution in [2.45, 2.75) is 18.3 Å². The molecular weight excluding hydrogens is 366 g/mol. The maximum absolute atomic E-state index is 12.6. The van der Waals surface area contributed by atoms with Gasteiger partial charge in [0.2, 0.25) is 0 Å². The normalized spacial score (nSPS) is 15.8. The lowest BCUT2D eigenvalue weighted by Crippen LogP contribution is -2.44. The van der Waals surface area contributed by atoms with E-state index in [4.69, 9.17) is 16.3 Å². The summed E-state index contributed by atoms with van der Waals surface area (Å²) in [4.78, 5) is 24.1. The summed E-state index contributed by atoms with van der Waals surface area (Å²) >= 11 is 6.18. The number of nitrogens with one attached hydrogen (secondary N) is 1. The molecule has 0 atom stereocenters. The van der Waals surface area contributed by atoms with Crippen LogP contribution in [-0.4, -0.2) is 38.7 Å². The minimum atomic E-state index is -0.427. The third-order valence-electron chi connectivity index (χ3n) is 5.04. The van der Waals surface area contributed by atoms with Gasteiger partial charge in [-0.15, -0.1) is 0 Å². The van der Waals surface area contributed by atoms with Gasteiger partial charge in [-0.3, -0.25) is 4.79 Å². The molecule has 1 amide bonds. The SMILES string of the molecule is COC(=O)c1ccc(C(=O)NCC2(c3cccc(Cl)c3)CCOCC2)cc1. The standard InChI is InChI=1S/C21H22ClNO4/c1-26-20(25)16-7-5-15(6-8-16)19(24)23-14-21(9-11-27-12-10-21)17-3-2-4-18(22)13-17/h2-8,13H,9-12,14H2,1H3,(H,23,24). The minimum absolute atomic E-state index is 0.181. The monoisotopic (exact) mass is 387 g/mol. The summed E-state index contributed by atoms with van der Waals surface area (Å²) in [5.74, 6) is -0.608. The third-order valence-corrected chi connectivity index (χ3v) is 5.28. The van der Waals surface area contributed by atoms with Crippen LogP contribution < -0.4 is 5.32 Å². The summed E-state index contributed by atoms with van der Waals surface area (Å²) in [6.07, 6.45) is 1.63. The van der Waals surface area contributed by atoms with E-state index >= 15 is 0 Å². The molecule has 0 bridgehead atoms. The van der Waals surface area contributed by atoms with Gasteiger partial charge in [-0.05, 0) is 54.8 Å². The summed E-state index contributed by atoms with van der Waals surface area (Å²) in [7, 11) is 1.33. The first-order valence-electron chi connectivity index (χ1n) is 8.84. The zero-order valence-electron chi connectivity index (χ0n) is 15.2. The maximum atomic E-state index is 12.6. The van der Waals surface area contributed by atoms with Crippen molar-refractivity contribution < 1.29 is 19.1 Å². The number of carbonyl (C=O) groups excluding carboxylic acids is 2. The number of carbonyl (C=O) groups is 2. The molecule has 0 saturated carbocycles. The molecule has 0 aromatic heterocycles. The number of amides is 1. The van der Waals surface area contributed by atoms with Crippen molar-refractivity contribution in [3.8, 4) is 0 Å². The molecule has 5 nitrogen and oxygen atoms in total. The Morgan fingerprint density at radius 1 is 1.11 bits per heavy atom. The number of methoxy groups -OCH3 is 1. The van der Waals surface area contributed by atoms with Crippen molar-refractivity contribution >= 4 is 23.5 Å². The van der Waals surface area contributed by atoms with Gasteiger partial charge in [0, 0.05) is 35.8 Å².